The Morgan fingerprint density at radius 3 is 3.06 bits per heavy atom. The molecule has 0 radical (unpaired) electrons. The van der Waals surface area contributed by atoms with Crippen LogP contribution in [0.3, 0.4) is 0 Å². The quantitative estimate of drug-likeness (QED) is 0.658. The Kier molecular flexibility index (Phi) is 4.92. The van der Waals surface area contributed by atoms with Crippen molar-refractivity contribution >= 4 is 0 Å². The highest BCUT2D eigenvalue weighted by Gasteiger charge is 1.97. The zero-order chi connectivity index (χ0) is 12.6. The van der Waals surface area contributed by atoms with Crippen LogP contribution < -0.4 is 5.32 Å². The number of aliphatic hydroxyl groups is 1. The molecule has 0 saturated carbocycles. The molecule has 0 aliphatic heterocycles. The number of rotatable bonds is 8. The molecule has 18 heavy (non-hydrogen) atoms. The summed E-state index contributed by atoms with van der Waals surface area (Å²) < 4.78 is 3.82. The van der Waals surface area contributed by atoms with Gasteiger partial charge in [-0.3, -0.25) is 4.68 Å². The number of nitrogens with zero attached hydrogens (tertiary/aromatic N) is 4. The second-order valence-corrected chi connectivity index (χ2v) is 4.17. The third-order valence-corrected chi connectivity index (χ3v) is 2.67. The smallest absolute Gasteiger partial charge is 0.0945 e. The van der Waals surface area contributed by atoms with E-state index in [1.165, 1.54) is 0 Å². The van der Waals surface area contributed by atoms with Crippen molar-refractivity contribution in [2.24, 2.45) is 0 Å². The second-order valence-electron chi connectivity index (χ2n) is 4.17. The topological polar surface area (TPSA) is 67.9 Å². The van der Waals surface area contributed by atoms with E-state index >= 15 is 0 Å². The van der Waals surface area contributed by atoms with Crippen molar-refractivity contribution in [3.63, 3.8) is 0 Å². The van der Waals surface area contributed by atoms with E-state index in [1.54, 1.807) is 10.9 Å². The molecule has 6 nitrogen and oxygen atoms in total. The first-order chi connectivity index (χ1) is 8.88. The van der Waals surface area contributed by atoms with Crippen molar-refractivity contribution in [1.29, 1.82) is 0 Å². The van der Waals surface area contributed by atoms with Gasteiger partial charge in [0.2, 0.25) is 0 Å². The number of hydrogen-bond acceptors (Lipinski definition) is 4. The summed E-state index contributed by atoms with van der Waals surface area (Å²) in [6, 6.07) is 0. The van der Waals surface area contributed by atoms with E-state index in [1.807, 2.05) is 24.9 Å². The summed E-state index contributed by atoms with van der Waals surface area (Å²) in [6.07, 6.45) is 10.5. The van der Waals surface area contributed by atoms with E-state index in [9.17, 15) is 0 Å². The van der Waals surface area contributed by atoms with Crippen LogP contribution in [0.15, 0.2) is 31.1 Å². The summed E-state index contributed by atoms with van der Waals surface area (Å²) in [5, 5.41) is 16.3. The van der Waals surface area contributed by atoms with Crippen LogP contribution in [0.5, 0.6) is 0 Å². The highest BCUT2D eigenvalue weighted by atomic mass is 16.3. The molecule has 0 fully saturated rings. The normalized spacial score (nSPS) is 10.9. The Morgan fingerprint density at radius 1 is 1.33 bits per heavy atom. The van der Waals surface area contributed by atoms with Crippen LogP contribution in [0.1, 0.15) is 12.0 Å². The lowest BCUT2D eigenvalue weighted by Gasteiger charge is -2.03. The van der Waals surface area contributed by atoms with Gasteiger partial charge in [-0.1, -0.05) is 0 Å². The fourth-order valence-electron chi connectivity index (χ4n) is 1.76. The number of nitrogens with one attached hydrogen (secondary N) is 1. The molecular weight excluding hydrogens is 230 g/mol. The van der Waals surface area contributed by atoms with Crippen molar-refractivity contribution < 1.29 is 5.11 Å². The molecule has 0 bridgehead atoms. The van der Waals surface area contributed by atoms with Crippen LogP contribution in [0.2, 0.25) is 0 Å². The monoisotopic (exact) mass is 249 g/mol. The largest absolute Gasteiger partial charge is 0.394 e. The lowest BCUT2D eigenvalue weighted by molar-refractivity contribution is 0.269. The van der Waals surface area contributed by atoms with E-state index in [0.29, 0.717) is 6.54 Å². The summed E-state index contributed by atoms with van der Waals surface area (Å²) in [5.41, 5.74) is 1.14. The van der Waals surface area contributed by atoms with Crippen LogP contribution in [-0.2, 0) is 19.6 Å². The molecule has 6 heteroatoms. The Morgan fingerprint density at radius 2 is 2.28 bits per heavy atom. The second kappa shape index (κ2) is 6.93. The molecule has 0 aromatic carbocycles. The molecule has 0 saturated heterocycles. The third-order valence-electron chi connectivity index (χ3n) is 2.67. The third kappa shape index (κ3) is 3.97. The molecule has 0 atom stereocenters. The summed E-state index contributed by atoms with van der Waals surface area (Å²) >= 11 is 0. The van der Waals surface area contributed by atoms with Gasteiger partial charge in [0, 0.05) is 37.2 Å². The molecule has 2 aromatic rings. The van der Waals surface area contributed by atoms with E-state index in [-0.39, 0.29) is 6.61 Å². The van der Waals surface area contributed by atoms with Gasteiger partial charge in [-0.25, -0.2) is 4.98 Å². The van der Waals surface area contributed by atoms with Gasteiger partial charge >= 0.3 is 0 Å². The van der Waals surface area contributed by atoms with E-state index < -0.39 is 0 Å². The van der Waals surface area contributed by atoms with E-state index in [2.05, 4.69) is 20.0 Å². The lowest BCUT2D eigenvalue weighted by Crippen LogP contribution is -2.16. The average molecular weight is 249 g/mol. The average Bonchev–Trinajstić information content (AvgIpc) is 3.01. The summed E-state index contributed by atoms with van der Waals surface area (Å²) in [5.74, 6) is 0. The Labute approximate surface area is 106 Å². The van der Waals surface area contributed by atoms with Crippen LogP contribution >= 0.6 is 0 Å². The van der Waals surface area contributed by atoms with Gasteiger partial charge in [-0.05, 0) is 13.0 Å². The maximum Gasteiger partial charge on any atom is 0.0945 e. The van der Waals surface area contributed by atoms with Crippen LogP contribution in [0, 0.1) is 0 Å². The first-order valence-electron chi connectivity index (χ1n) is 6.17. The molecule has 0 aliphatic rings. The highest BCUT2D eigenvalue weighted by Crippen LogP contribution is 1.97. The van der Waals surface area contributed by atoms with Gasteiger partial charge < -0.3 is 15.0 Å². The summed E-state index contributed by atoms with van der Waals surface area (Å²) in [7, 11) is 0. The lowest BCUT2D eigenvalue weighted by atomic mass is 10.3. The van der Waals surface area contributed by atoms with Gasteiger partial charge in [0.15, 0.2) is 0 Å². The van der Waals surface area contributed by atoms with Gasteiger partial charge in [0.1, 0.15) is 0 Å². The Balaban J connectivity index is 1.59. The molecular formula is C12H19N5O. The molecule has 0 spiro atoms. The van der Waals surface area contributed by atoms with Gasteiger partial charge in [-0.15, -0.1) is 0 Å². The maximum atomic E-state index is 8.78. The molecule has 2 heterocycles. The predicted octanol–water partition coefficient (Wildman–Crippen LogP) is 0.252. The molecule has 0 unspecified atom stereocenters. The Bertz CT molecular complexity index is 437. The van der Waals surface area contributed by atoms with Crippen molar-refractivity contribution in [2.75, 3.05) is 13.2 Å². The van der Waals surface area contributed by atoms with E-state index in [4.69, 9.17) is 5.11 Å². The van der Waals surface area contributed by atoms with Gasteiger partial charge in [-0.2, -0.15) is 5.10 Å². The zero-order valence-corrected chi connectivity index (χ0v) is 10.4. The summed E-state index contributed by atoms with van der Waals surface area (Å²) in [6.45, 7) is 3.44. The maximum absolute atomic E-state index is 8.78. The number of imidazole rings is 1. The van der Waals surface area contributed by atoms with Crippen LogP contribution in [0.4, 0.5) is 0 Å². The van der Waals surface area contributed by atoms with Crippen molar-refractivity contribution in [3.8, 4) is 0 Å². The molecule has 0 aliphatic carbocycles. The summed E-state index contributed by atoms with van der Waals surface area (Å²) in [4.78, 5) is 4.00. The minimum atomic E-state index is 0.124. The van der Waals surface area contributed by atoms with Crippen LogP contribution in [0.25, 0.3) is 0 Å². The fraction of sp³-hybridized carbons (Fsp3) is 0.500. The minimum Gasteiger partial charge on any atom is -0.394 e. The SMILES string of the molecule is OCCn1cc(CNCCCn2ccnc2)cn1. The predicted molar refractivity (Wildman–Crippen MR) is 67.9 cm³/mol. The first kappa shape index (κ1) is 12.8. The zero-order valence-electron chi connectivity index (χ0n) is 10.4. The number of aryl methyl sites for hydroxylation is 1. The molecule has 0 amide bonds. The van der Waals surface area contributed by atoms with Gasteiger partial charge in [0.25, 0.3) is 0 Å². The van der Waals surface area contributed by atoms with E-state index in [0.717, 1.165) is 31.6 Å². The first-order valence-corrected chi connectivity index (χ1v) is 6.17. The van der Waals surface area contributed by atoms with Gasteiger partial charge in [0.05, 0.1) is 25.7 Å². The number of hydrogen-bond donors (Lipinski definition) is 2. The molecule has 2 N–H and O–H groups in total. The molecule has 2 rings (SSSR count). The fourth-order valence-corrected chi connectivity index (χ4v) is 1.76. The Hall–Kier alpha value is -1.66. The number of aromatic nitrogens is 4. The molecule has 2 aromatic heterocycles. The van der Waals surface area contributed by atoms with Crippen molar-refractivity contribution in [2.45, 2.75) is 26.1 Å². The number of aliphatic hydroxyl groups excluding tert-OH is 1. The standard InChI is InChI=1S/C12H19N5O/c18-7-6-17-10-12(9-15-17)8-13-2-1-4-16-5-3-14-11-16/h3,5,9-11,13,18H,1-2,4,6-8H2. The van der Waals surface area contributed by atoms with Crippen LogP contribution in [-0.4, -0.2) is 37.6 Å². The minimum absolute atomic E-state index is 0.124. The van der Waals surface area contributed by atoms with Crippen molar-refractivity contribution in [1.82, 2.24) is 24.6 Å². The molecule has 98 valence electrons. The van der Waals surface area contributed by atoms with Crippen molar-refractivity contribution in [3.05, 3.63) is 36.7 Å². The highest BCUT2D eigenvalue weighted by molar-refractivity contribution is 5.03.